The van der Waals surface area contributed by atoms with Gasteiger partial charge in [0.05, 0.1) is 32.6 Å². The molecule has 1 heterocycles. The lowest BCUT2D eigenvalue weighted by atomic mass is 10.0. The van der Waals surface area contributed by atoms with Crippen LogP contribution in [0.25, 0.3) is 0 Å². The molecule has 0 radical (unpaired) electrons. The lowest BCUT2D eigenvalue weighted by Crippen LogP contribution is -3.13. The summed E-state index contributed by atoms with van der Waals surface area (Å²) in [6.07, 6.45) is 0.287. The maximum atomic E-state index is 13.1. The standard InChI is InChI=1S/C24H30ClN3O2/c1-18(2)23(26-22(29)16-19-7-4-3-5-8-19)24(30)28-13-11-27(12-14-28)17-20-9-6-10-21(25)15-20/h3-10,15,18,23H,11-14,16-17H2,1-2H3,(H,26,29)/p+1/t23-/m0/s1. The van der Waals surface area contributed by atoms with Crippen molar-refractivity contribution < 1.29 is 14.5 Å². The molecule has 1 fully saturated rings. The second kappa shape index (κ2) is 10.6. The van der Waals surface area contributed by atoms with E-state index >= 15 is 0 Å². The van der Waals surface area contributed by atoms with Crippen molar-refractivity contribution in [2.45, 2.75) is 32.9 Å². The number of carbonyl (C=O) groups is 2. The number of hydrogen-bond donors (Lipinski definition) is 2. The van der Waals surface area contributed by atoms with Crippen molar-refractivity contribution in [1.82, 2.24) is 10.2 Å². The zero-order chi connectivity index (χ0) is 21.5. The molecule has 30 heavy (non-hydrogen) atoms. The SMILES string of the molecule is CC(C)[C@H](NC(=O)Cc1ccccc1)C(=O)N1CC[NH+](Cc2cccc(Cl)c2)CC1. The summed E-state index contributed by atoms with van der Waals surface area (Å²) >= 11 is 6.09. The van der Waals surface area contributed by atoms with Crippen molar-refractivity contribution in [2.24, 2.45) is 5.92 Å². The molecule has 3 rings (SSSR count). The number of rotatable bonds is 7. The van der Waals surface area contributed by atoms with Gasteiger partial charge in [0.2, 0.25) is 11.8 Å². The summed E-state index contributed by atoms with van der Waals surface area (Å²) in [4.78, 5) is 29.0. The summed E-state index contributed by atoms with van der Waals surface area (Å²) in [5, 5.41) is 3.72. The van der Waals surface area contributed by atoms with E-state index in [1.165, 1.54) is 10.5 Å². The Morgan fingerprint density at radius 1 is 1.03 bits per heavy atom. The molecule has 0 saturated carbocycles. The van der Waals surface area contributed by atoms with Crippen LogP contribution in [-0.4, -0.2) is 48.9 Å². The van der Waals surface area contributed by atoms with Gasteiger partial charge in [0.15, 0.2) is 0 Å². The van der Waals surface area contributed by atoms with Crippen LogP contribution < -0.4 is 10.2 Å². The number of halogens is 1. The number of carbonyl (C=O) groups excluding carboxylic acids is 2. The number of quaternary nitrogens is 1. The molecule has 2 aromatic rings. The smallest absolute Gasteiger partial charge is 0.245 e. The quantitative estimate of drug-likeness (QED) is 0.708. The molecular weight excluding hydrogens is 398 g/mol. The minimum Gasteiger partial charge on any atom is -0.344 e. The van der Waals surface area contributed by atoms with Gasteiger partial charge in [-0.15, -0.1) is 0 Å². The van der Waals surface area contributed by atoms with Crippen molar-refractivity contribution in [2.75, 3.05) is 26.2 Å². The first-order valence-electron chi connectivity index (χ1n) is 10.6. The highest BCUT2D eigenvalue weighted by molar-refractivity contribution is 6.30. The third-order valence-corrected chi connectivity index (χ3v) is 5.82. The van der Waals surface area contributed by atoms with Crippen molar-refractivity contribution in [3.63, 3.8) is 0 Å². The van der Waals surface area contributed by atoms with Gasteiger partial charge in [-0.25, -0.2) is 0 Å². The number of nitrogens with one attached hydrogen (secondary N) is 2. The first-order chi connectivity index (χ1) is 14.4. The van der Waals surface area contributed by atoms with Crippen molar-refractivity contribution in [3.05, 3.63) is 70.7 Å². The van der Waals surface area contributed by atoms with Gasteiger partial charge in [-0.05, 0) is 23.6 Å². The molecule has 0 spiro atoms. The average molecular weight is 429 g/mol. The van der Waals surface area contributed by atoms with Gasteiger partial charge in [-0.3, -0.25) is 9.59 Å². The van der Waals surface area contributed by atoms with E-state index in [1.807, 2.05) is 67.3 Å². The molecule has 160 valence electrons. The molecule has 6 heteroatoms. The predicted octanol–water partition coefficient (Wildman–Crippen LogP) is 1.95. The molecule has 1 aliphatic heterocycles. The van der Waals surface area contributed by atoms with Gasteiger partial charge in [-0.1, -0.05) is 67.9 Å². The predicted molar refractivity (Wildman–Crippen MR) is 119 cm³/mol. The van der Waals surface area contributed by atoms with E-state index in [-0.39, 0.29) is 24.2 Å². The maximum Gasteiger partial charge on any atom is 0.245 e. The van der Waals surface area contributed by atoms with E-state index in [0.717, 1.165) is 30.2 Å². The van der Waals surface area contributed by atoms with Crippen LogP contribution in [0.3, 0.4) is 0 Å². The number of amides is 2. The monoisotopic (exact) mass is 428 g/mol. The third-order valence-electron chi connectivity index (χ3n) is 5.58. The minimum absolute atomic E-state index is 0.0215. The summed E-state index contributed by atoms with van der Waals surface area (Å²) in [6.45, 7) is 8.04. The number of nitrogens with zero attached hydrogens (tertiary/aromatic N) is 1. The molecule has 2 N–H and O–H groups in total. The summed E-state index contributed by atoms with van der Waals surface area (Å²) in [5.74, 6) is -0.0549. The summed E-state index contributed by atoms with van der Waals surface area (Å²) in [5.41, 5.74) is 2.16. The van der Waals surface area contributed by atoms with E-state index in [0.29, 0.717) is 13.1 Å². The Morgan fingerprint density at radius 2 is 1.70 bits per heavy atom. The fraction of sp³-hybridized carbons (Fsp3) is 0.417. The van der Waals surface area contributed by atoms with Crippen LogP contribution in [0.2, 0.25) is 5.02 Å². The average Bonchev–Trinajstić information content (AvgIpc) is 2.73. The normalized spacial score (nSPS) is 15.8. The lowest BCUT2D eigenvalue weighted by molar-refractivity contribution is -0.917. The van der Waals surface area contributed by atoms with Crippen molar-refractivity contribution >= 4 is 23.4 Å². The number of hydrogen-bond acceptors (Lipinski definition) is 2. The van der Waals surface area contributed by atoms with Crippen LogP contribution in [-0.2, 0) is 22.6 Å². The highest BCUT2D eigenvalue weighted by atomic mass is 35.5. The molecule has 0 unspecified atom stereocenters. The fourth-order valence-corrected chi connectivity index (χ4v) is 4.08. The second-order valence-electron chi connectivity index (χ2n) is 8.33. The van der Waals surface area contributed by atoms with Crippen LogP contribution in [0.4, 0.5) is 0 Å². The topological polar surface area (TPSA) is 53.9 Å². The highest BCUT2D eigenvalue weighted by Gasteiger charge is 2.31. The largest absolute Gasteiger partial charge is 0.344 e. The first kappa shape index (κ1) is 22.3. The minimum atomic E-state index is -0.490. The highest BCUT2D eigenvalue weighted by Crippen LogP contribution is 2.11. The Hall–Kier alpha value is -2.37. The van der Waals surface area contributed by atoms with Gasteiger partial charge in [0, 0.05) is 10.6 Å². The van der Waals surface area contributed by atoms with E-state index in [4.69, 9.17) is 11.6 Å². The molecule has 2 amide bonds. The van der Waals surface area contributed by atoms with Gasteiger partial charge in [0.1, 0.15) is 12.6 Å². The molecular formula is C24H31ClN3O2+. The van der Waals surface area contributed by atoms with E-state index in [1.54, 1.807) is 0 Å². The van der Waals surface area contributed by atoms with Crippen LogP contribution >= 0.6 is 11.6 Å². The second-order valence-corrected chi connectivity index (χ2v) is 8.77. The molecule has 1 saturated heterocycles. The summed E-state index contributed by atoms with van der Waals surface area (Å²) in [6, 6.07) is 17.1. The van der Waals surface area contributed by atoms with Crippen LogP contribution in [0.1, 0.15) is 25.0 Å². The Kier molecular flexibility index (Phi) is 7.88. The number of benzene rings is 2. The van der Waals surface area contributed by atoms with E-state index < -0.39 is 6.04 Å². The number of piperazine rings is 1. The molecule has 0 aliphatic carbocycles. The van der Waals surface area contributed by atoms with Crippen molar-refractivity contribution in [3.8, 4) is 0 Å². The van der Waals surface area contributed by atoms with Gasteiger partial charge in [0.25, 0.3) is 0 Å². The fourth-order valence-electron chi connectivity index (χ4n) is 3.87. The molecule has 5 nitrogen and oxygen atoms in total. The first-order valence-corrected chi connectivity index (χ1v) is 11.0. The molecule has 2 aromatic carbocycles. The van der Waals surface area contributed by atoms with Gasteiger partial charge in [-0.2, -0.15) is 0 Å². The van der Waals surface area contributed by atoms with E-state index in [9.17, 15) is 9.59 Å². The van der Waals surface area contributed by atoms with Gasteiger partial charge < -0.3 is 15.1 Å². The molecule has 0 aromatic heterocycles. The third kappa shape index (κ3) is 6.31. The zero-order valence-electron chi connectivity index (χ0n) is 17.7. The Labute approximate surface area is 184 Å². The molecule has 1 aliphatic rings. The van der Waals surface area contributed by atoms with E-state index in [2.05, 4.69) is 11.4 Å². The van der Waals surface area contributed by atoms with Crippen molar-refractivity contribution in [1.29, 1.82) is 0 Å². The van der Waals surface area contributed by atoms with Crippen LogP contribution in [0.15, 0.2) is 54.6 Å². The van der Waals surface area contributed by atoms with Gasteiger partial charge >= 0.3 is 0 Å². The molecule has 0 bridgehead atoms. The lowest BCUT2D eigenvalue weighted by Gasteiger charge is -2.35. The Morgan fingerprint density at radius 3 is 2.33 bits per heavy atom. The van der Waals surface area contributed by atoms with Crippen LogP contribution in [0.5, 0.6) is 0 Å². The van der Waals surface area contributed by atoms with Crippen LogP contribution in [0, 0.1) is 5.92 Å². The molecule has 1 atom stereocenters. The summed E-state index contributed by atoms with van der Waals surface area (Å²) in [7, 11) is 0. The maximum absolute atomic E-state index is 13.1. The Bertz CT molecular complexity index is 849. The Balaban J connectivity index is 1.52. The summed E-state index contributed by atoms with van der Waals surface area (Å²) < 4.78 is 0. The zero-order valence-corrected chi connectivity index (χ0v) is 18.5.